The number of carbonyl (C=O) groups is 1. The number of nitrogens with zero attached hydrogens (tertiary/aromatic N) is 2. The Bertz CT molecular complexity index is 911. The van der Waals surface area contributed by atoms with Crippen molar-refractivity contribution >= 4 is 23.4 Å². The molecular formula is C23H25N3O. The van der Waals surface area contributed by atoms with Gasteiger partial charge >= 0.3 is 0 Å². The third-order valence-electron chi connectivity index (χ3n) is 4.87. The zero-order valence-electron chi connectivity index (χ0n) is 16.2. The van der Waals surface area contributed by atoms with Crippen molar-refractivity contribution in [1.29, 1.82) is 5.26 Å². The van der Waals surface area contributed by atoms with Crippen LogP contribution >= 0.6 is 0 Å². The molecule has 138 valence electrons. The maximum atomic E-state index is 12.5. The van der Waals surface area contributed by atoms with Crippen molar-refractivity contribution in [2.24, 2.45) is 0 Å². The number of hydrogen-bond donors (Lipinski definition) is 1. The molecule has 0 aromatic heterocycles. The summed E-state index contributed by atoms with van der Waals surface area (Å²) in [7, 11) is 0. The number of aryl methyl sites for hydroxylation is 3. The summed E-state index contributed by atoms with van der Waals surface area (Å²) in [6.45, 7) is 8.17. The molecule has 27 heavy (non-hydrogen) atoms. The molecule has 1 heterocycles. The van der Waals surface area contributed by atoms with Gasteiger partial charge in [-0.2, -0.15) is 5.26 Å². The van der Waals surface area contributed by atoms with Crippen LogP contribution in [0.5, 0.6) is 0 Å². The van der Waals surface area contributed by atoms with Crippen LogP contribution in [0.2, 0.25) is 0 Å². The number of carbonyl (C=O) groups excluding carboxylic acids is 1. The van der Waals surface area contributed by atoms with Gasteiger partial charge in [0.1, 0.15) is 11.6 Å². The van der Waals surface area contributed by atoms with Gasteiger partial charge < -0.3 is 10.2 Å². The van der Waals surface area contributed by atoms with Crippen molar-refractivity contribution < 1.29 is 4.79 Å². The van der Waals surface area contributed by atoms with Gasteiger partial charge in [-0.1, -0.05) is 12.1 Å². The first kappa shape index (κ1) is 18.7. The minimum atomic E-state index is -0.384. The molecule has 4 heteroatoms. The fraction of sp³-hybridized carbons (Fsp3) is 0.304. The molecule has 2 aromatic rings. The van der Waals surface area contributed by atoms with Gasteiger partial charge in [0, 0.05) is 24.5 Å². The Morgan fingerprint density at radius 1 is 1.07 bits per heavy atom. The molecule has 0 spiro atoms. The van der Waals surface area contributed by atoms with Gasteiger partial charge in [0.15, 0.2) is 0 Å². The first-order chi connectivity index (χ1) is 13.0. The summed E-state index contributed by atoms with van der Waals surface area (Å²) in [4.78, 5) is 14.9. The number of rotatable bonds is 4. The second-order valence-electron chi connectivity index (χ2n) is 7.24. The SMILES string of the molecule is Cc1cc(C)cc(NC(=O)/C(C#N)=C\c2ccc(N3CCCC3)cc2C)c1. The molecule has 2 aromatic carbocycles. The van der Waals surface area contributed by atoms with Gasteiger partial charge in [-0.05, 0) is 86.2 Å². The highest BCUT2D eigenvalue weighted by Gasteiger charge is 2.14. The summed E-state index contributed by atoms with van der Waals surface area (Å²) in [5, 5.41) is 12.3. The molecule has 1 saturated heterocycles. The number of amides is 1. The average molecular weight is 359 g/mol. The van der Waals surface area contributed by atoms with E-state index in [2.05, 4.69) is 22.3 Å². The van der Waals surface area contributed by atoms with E-state index in [1.165, 1.54) is 18.5 Å². The lowest BCUT2D eigenvalue weighted by atomic mass is 10.0. The molecule has 1 amide bonds. The smallest absolute Gasteiger partial charge is 0.266 e. The number of nitrogens with one attached hydrogen (secondary N) is 1. The van der Waals surface area contributed by atoms with E-state index in [0.29, 0.717) is 5.69 Å². The summed E-state index contributed by atoms with van der Waals surface area (Å²) in [6.07, 6.45) is 4.14. The van der Waals surface area contributed by atoms with Gasteiger partial charge in [-0.25, -0.2) is 0 Å². The van der Waals surface area contributed by atoms with E-state index >= 15 is 0 Å². The summed E-state index contributed by atoms with van der Waals surface area (Å²) in [5.41, 5.74) is 6.12. The van der Waals surface area contributed by atoms with E-state index < -0.39 is 0 Å². The van der Waals surface area contributed by atoms with Crippen LogP contribution in [0.4, 0.5) is 11.4 Å². The van der Waals surface area contributed by atoms with Crippen LogP contribution in [0.3, 0.4) is 0 Å². The van der Waals surface area contributed by atoms with E-state index in [1.54, 1.807) is 6.08 Å². The van der Waals surface area contributed by atoms with Crippen LogP contribution < -0.4 is 10.2 Å². The van der Waals surface area contributed by atoms with E-state index in [4.69, 9.17) is 0 Å². The Hall–Kier alpha value is -3.06. The molecule has 4 nitrogen and oxygen atoms in total. The number of nitriles is 1. The summed E-state index contributed by atoms with van der Waals surface area (Å²) in [6, 6.07) is 14.1. The Kier molecular flexibility index (Phi) is 5.61. The van der Waals surface area contributed by atoms with E-state index in [9.17, 15) is 10.1 Å². The average Bonchev–Trinajstić information content (AvgIpc) is 3.14. The molecular weight excluding hydrogens is 334 g/mol. The standard InChI is InChI=1S/C23H25N3O/c1-16-10-17(2)12-21(11-16)25-23(27)20(15-24)14-19-6-7-22(13-18(19)3)26-8-4-5-9-26/h6-7,10-14H,4-5,8-9H2,1-3H3,(H,25,27)/b20-14-. The minimum Gasteiger partial charge on any atom is -0.372 e. The fourth-order valence-corrected chi connectivity index (χ4v) is 3.54. The van der Waals surface area contributed by atoms with Gasteiger partial charge in [-0.15, -0.1) is 0 Å². The highest BCUT2D eigenvalue weighted by molar-refractivity contribution is 6.09. The molecule has 0 aliphatic carbocycles. The minimum absolute atomic E-state index is 0.103. The van der Waals surface area contributed by atoms with Crippen LogP contribution in [0.25, 0.3) is 6.08 Å². The lowest BCUT2D eigenvalue weighted by Gasteiger charge is -2.18. The Balaban J connectivity index is 1.80. The van der Waals surface area contributed by atoms with Crippen LogP contribution in [-0.4, -0.2) is 19.0 Å². The maximum absolute atomic E-state index is 12.5. The maximum Gasteiger partial charge on any atom is 0.266 e. The molecule has 3 rings (SSSR count). The Labute approximate surface area is 161 Å². The normalized spacial score (nSPS) is 14.1. The van der Waals surface area contributed by atoms with Crippen LogP contribution in [-0.2, 0) is 4.79 Å². The van der Waals surface area contributed by atoms with Crippen molar-refractivity contribution in [3.05, 3.63) is 64.2 Å². The van der Waals surface area contributed by atoms with Crippen molar-refractivity contribution in [2.75, 3.05) is 23.3 Å². The van der Waals surface area contributed by atoms with Crippen molar-refractivity contribution in [3.8, 4) is 6.07 Å². The van der Waals surface area contributed by atoms with E-state index in [-0.39, 0.29) is 11.5 Å². The first-order valence-corrected chi connectivity index (χ1v) is 9.33. The highest BCUT2D eigenvalue weighted by Crippen LogP contribution is 2.24. The zero-order chi connectivity index (χ0) is 19.4. The van der Waals surface area contributed by atoms with Crippen molar-refractivity contribution in [3.63, 3.8) is 0 Å². The molecule has 0 radical (unpaired) electrons. The summed E-state index contributed by atoms with van der Waals surface area (Å²) < 4.78 is 0. The second kappa shape index (κ2) is 8.09. The van der Waals surface area contributed by atoms with Crippen LogP contribution in [0.1, 0.15) is 35.1 Å². The quantitative estimate of drug-likeness (QED) is 0.633. The Morgan fingerprint density at radius 3 is 2.33 bits per heavy atom. The second-order valence-corrected chi connectivity index (χ2v) is 7.24. The molecule has 0 unspecified atom stereocenters. The largest absolute Gasteiger partial charge is 0.372 e. The van der Waals surface area contributed by atoms with Crippen LogP contribution in [0, 0.1) is 32.1 Å². The number of anilines is 2. The third kappa shape index (κ3) is 4.57. The van der Waals surface area contributed by atoms with E-state index in [0.717, 1.165) is 35.3 Å². The zero-order valence-corrected chi connectivity index (χ0v) is 16.2. The topological polar surface area (TPSA) is 56.1 Å². The molecule has 1 aliphatic rings. The van der Waals surface area contributed by atoms with Gasteiger partial charge in [0.05, 0.1) is 0 Å². The summed E-state index contributed by atoms with van der Waals surface area (Å²) in [5.74, 6) is -0.384. The van der Waals surface area contributed by atoms with Gasteiger partial charge in [0.2, 0.25) is 0 Å². The Morgan fingerprint density at radius 2 is 1.74 bits per heavy atom. The first-order valence-electron chi connectivity index (χ1n) is 9.33. The van der Waals surface area contributed by atoms with Gasteiger partial charge in [-0.3, -0.25) is 4.79 Å². The van der Waals surface area contributed by atoms with E-state index in [1.807, 2.05) is 51.1 Å². The predicted octanol–water partition coefficient (Wildman–Crippen LogP) is 4.76. The van der Waals surface area contributed by atoms with Crippen molar-refractivity contribution in [1.82, 2.24) is 0 Å². The molecule has 1 fully saturated rings. The fourth-order valence-electron chi connectivity index (χ4n) is 3.54. The van der Waals surface area contributed by atoms with Gasteiger partial charge in [0.25, 0.3) is 5.91 Å². The number of hydrogen-bond acceptors (Lipinski definition) is 3. The molecule has 0 saturated carbocycles. The lowest BCUT2D eigenvalue weighted by Crippen LogP contribution is -2.17. The van der Waals surface area contributed by atoms with Crippen molar-refractivity contribution in [2.45, 2.75) is 33.6 Å². The monoisotopic (exact) mass is 359 g/mol. The molecule has 0 bridgehead atoms. The number of benzene rings is 2. The molecule has 1 aliphatic heterocycles. The summed E-state index contributed by atoms with van der Waals surface area (Å²) >= 11 is 0. The lowest BCUT2D eigenvalue weighted by molar-refractivity contribution is -0.112. The van der Waals surface area contributed by atoms with Crippen LogP contribution in [0.15, 0.2) is 42.0 Å². The molecule has 1 N–H and O–H groups in total. The third-order valence-corrected chi connectivity index (χ3v) is 4.87. The highest BCUT2D eigenvalue weighted by atomic mass is 16.1. The molecule has 0 atom stereocenters. The predicted molar refractivity (Wildman–Crippen MR) is 111 cm³/mol.